The third kappa shape index (κ3) is 7.54. The molecule has 0 aliphatic heterocycles. The summed E-state index contributed by atoms with van der Waals surface area (Å²) in [6.45, 7) is 8.18. The highest BCUT2D eigenvalue weighted by molar-refractivity contribution is 5.31. The Balaban J connectivity index is 0.00000121. The van der Waals surface area contributed by atoms with Gasteiger partial charge in [0, 0.05) is 6.54 Å². The molecule has 1 N–H and O–H groups in total. The van der Waals surface area contributed by atoms with Gasteiger partial charge in [0.15, 0.2) is 0 Å². The standard InChI is InChI=1S/C13H18N2.C2H6/c1-2-3-4-9-15-11-13-7-5-12(10-14)6-8-13;1-2/h5-8,15H,2-4,9,11H2,1H3;1-2H3. The average Bonchev–Trinajstić information content (AvgIpc) is 2.41. The van der Waals surface area contributed by atoms with Gasteiger partial charge in [0.1, 0.15) is 0 Å². The van der Waals surface area contributed by atoms with E-state index in [-0.39, 0.29) is 0 Å². The second-order valence-corrected chi connectivity index (χ2v) is 3.69. The van der Waals surface area contributed by atoms with Crippen molar-refractivity contribution < 1.29 is 0 Å². The second kappa shape index (κ2) is 11.2. The van der Waals surface area contributed by atoms with Gasteiger partial charge in [-0.15, -0.1) is 0 Å². The first-order valence-corrected chi connectivity index (χ1v) is 6.56. The van der Waals surface area contributed by atoms with Crippen LogP contribution in [-0.2, 0) is 6.54 Å². The van der Waals surface area contributed by atoms with Crippen LogP contribution in [0.2, 0.25) is 0 Å². The SMILES string of the molecule is CC.CCCCCNCc1ccc(C#N)cc1. The first-order valence-electron chi connectivity index (χ1n) is 6.56. The van der Waals surface area contributed by atoms with E-state index in [9.17, 15) is 0 Å². The molecule has 0 aliphatic carbocycles. The predicted molar refractivity (Wildman–Crippen MR) is 73.7 cm³/mol. The topological polar surface area (TPSA) is 35.8 Å². The molecule has 94 valence electrons. The summed E-state index contributed by atoms with van der Waals surface area (Å²) >= 11 is 0. The first kappa shape index (κ1) is 15.7. The van der Waals surface area contributed by atoms with Gasteiger partial charge < -0.3 is 5.32 Å². The minimum Gasteiger partial charge on any atom is -0.313 e. The monoisotopic (exact) mass is 232 g/mol. The maximum atomic E-state index is 8.64. The maximum absolute atomic E-state index is 8.64. The molecule has 0 aromatic heterocycles. The highest BCUT2D eigenvalue weighted by Crippen LogP contribution is 2.02. The zero-order chi connectivity index (χ0) is 12.9. The van der Waals surface area contributed by atoms with E-state index >= 15 is 0 Å². The Morgan fingerprint density at radius 3 is 2.29 bits per heavy atom. The molecule has 0 bridgehead atoms. The van der Waals surface area contributed by atoms with Crippen molar-refractivity contribution in [2.24, 2.45) is 0 Å². The Morgan fingerprint density at radius 2 is 1.76 bits per heavy atom. The van der Waals surface area contributed by atoms with E-state index in [1.54, 1.807) is 0 Å². The maximum Gasteiger partial charge on any atom is 0.0991 e. The van der Waals surface area contributed by atoms with Crippen LogP contribution in [0.5, 0.6) is 0 Å². The summed E-state index contributed by atoms with van der Waals surface area (Å²) in [7, 11) is 0. The molecule has 0 atom stereocenters. The van der Waals surface area contributed by atoms with E-state index in [2.05, 4.69) is 18.3 Å². The van der Waals surface area contributed by atoms with Crippen molar-refractivity contribution in [3.05, 3.63) is 35.4 Å². The summed E-state index contributed by atoms with van der Waals surface area (Å²) in [5.74, 6) is 0. The van der Waals surface area contributed by atoms with Gasteiger partial charge in [0.2, 0.25) is 0 Å². The van der Waals surface area contributed by atoms with Crippen molar-refractivity contribution in [3.8, 4) is 6.07 Å². The van der Waals surface area contributed by atoms with Crippen LogP contribution in [0.3, 0.4) is 0 Å². The summed E-state index contributed by atoms with van der Waals surface area (Å²) in [6, 6.07) is 9.86. The molecule has 0 aliphatic rings. The lowest BCUT2D eigenvalue weighted by Gasteiger charge is -2.04. The predicted octanol–water partition coefficient (Wildman–Crippen LogP) is 3.86. The molecule has 0 saturated carbocycles. The number of hydrogen-bond donors (Lipinski definition) is 1. The third-order valence-corrected chi connectivity index (χ3v) is 2.37. The quantitative estimate of drug-likeness (QED) is 0.756. The molecule has 0 heterocycles. The lowest BCUT2D eigenvalue weighted by Crippen LogP contribution is -2.14. The van der Waals surface area contributed by atoms with Crippen molar-refractivity contribution in [1.82, 2.24) is 5.32 Å². The lowest BCUT2D eigenvalue weighted by molar-refractivity contribution is 0.617. The van der Waals surface area contributed by atoms with Crippen molar-refractivity contribution in [1.29, 1.82) is 5.26 Å². The Morgan fingerprint density at radius 1 is 1.12 bits per heavy atom. The first-order chi connectivity index (χ1) is 8.36. The van der Waals surface area contributed by atoms with Gasteiger partial charge >= 0.3 is 0 Å². The van der Waals surface area contributed by atoms with Crippen molar-refractivity contribution in [2.45, 2.75) is 46.6 Å². The fraction of sp³-hybridized carbons (Fsp3) is 0.533. The highest BCUT2D eigenvalue weighted by Gasteiger charge is 1.93. The van der Waals surface area contributed by atoms with Gasteiger partial charge in [0.25, 0.3) is 0 Å². The van der Waals surface area contributed by atoms with Crippen molar-refractivity contribution in [2.75, 3.05) is 6.54 Å². The van der Waals surface area contributed by atoms with E-state index in [4.69, 9.17) is 5.26 Å². The Bertz CT molecular complexity index is 309. The largest absolute Gasteiger partial charge is 0.313 e. The van der Waals surface area contributed by atoms with Crippen LogP contribution in [0.15, 0.2) is 24.3 Å². The van der Waals surface area contributed by atoms with Gasteiger partial charge in [-0.25, -0.2) is 0 Å². The van der Waals surface area contributed by atoms with Gasteiger partial charge in [-0.1, -0.05) is 45.7 Å². The van der Waals surface area contributed by atoms with E-state index in [0.717, 1.165) is 18.7 Å². The number of nitrogens with one attached hydrogen (secondary N) is 1. The fourth-order valence-corrected chi connectivity index (χ4v) is 1.43. The summed E-state index contributed by atoms with van der Waals surface area (Å²) in [6.07, 6.45) is 3.80. The molecule has 1 rings (SSSR count). The minimum atomic E-state index is 0.727. The molecule has 0 unspecified atom stereocenters. The molecule has 2 nitrogen and oxygen atoms in total. The number of benzene rings is 1. The molecular formula is C15H24N2. The number of nitrogens with zero attached hydrogens (tertiary/aromatic N) is 1. The van der Waals surface area contributed by atoms with E-state index in [0.29, 0.717) is 0 Å². The minimum absolute atomic E-state index is 0.727. The molecule has 1 aromatic carbocycles. The zero-order valence-corrected chi connectivity index (χ0v) is 11.3. The molecule has 1 aromatic rings. The number of rotatable bonds is 6. The number of hydrogen-bond acceptors (Lipinski definition) is 2. The summed E-state index contributed by atoms with van der Waals surface area (Å²) in [5, 5.41) is 12.0. The van der Waals surface area contributed by atoms with Crippen LogP contribution >= 0.6 is 0 Å². The molecule has 0 amide bonds. The zero-order valence-electron chi connectivity index (χ0n) is 11.3. The smallest absolute Gasteiger partial charge is 0.0991 e. The van der Waals surface area contributed by atoms with Crippen LogP contribution < -0.4 is 5.32 Å². The lowest BCUT2D eigenvalue weighted by atomic mass is 10.1. The fourth-order valence-electron chi connectivity index (χ4n) is 1.43. The van der Waals surface area contributed by atoms with Gasteiger partial charge in [0.05, 0.1) is 11.6 Å². The second-order valence-electron chi connectivity index (χ2n) is 3.69. The van der Waals surface area contributed by atoms with Crippen LogP contribution in [0.4, 0.5) is 0 Å². The van der Waals surface area contributed by atoms with Crippen molar-refractivity contribution >= 4 is 0 Å². The number of unbranched alkanes of at least 4 members (excludes halogenated alkanes) is 2. The normalized spacial score (nSPS) is 9.06. The van der Waals surface area contributed by atoms with Crippen LogP contribution in [0.1, 0.15) is 51.2 Å². The molecule has 17 heavy (non-hydrogen) atoms. The van der Waals surface area contributed by atoms with E-state index in [1.165, 1.54) is 24.8 Å². The Kier molecular flexibility index (Phi) is 10.3. The Labute approximate surface area is 106 Å². The molecule has 0 saturated heterocycles. The van der Waals surface area contributed by atoms with Crippen molar-refractivity contribution in [3.63, 3.8) is 0 Å². The Hall–Kier alpha value is -1.33. The van der Waals surface area contributed by atoms with E-state index in [1.807, 2.05) is 38.1 Å². The van der Waals surface area contributed by atoms with Crippen LogP contribution in [-0.4, -0.2) is 6.54 Å². The molecular weight excluding hydrogens is 208 g/mol. The highest BCUT2D eigenvalue weighted by atomic mass is 14.8. The van der Waals surface area contributed by atoms with E-state index < -0.39 is 0 Å². The molecule has 0 radical (unpaired) electrons. The third-order valence-electron chi connectivity index (χ3n) is 2.37. The summed E-state index contributed by atoms with van der Waals surface area (Å²) in [4.78, 5) is 0. The van der Waals surface area contributed by atoms with Gasteiger partial charge in [-0.2, -0.15) is 5.26 Å². The van der Waals surface area contributed by atoms with Gasteiger partial charge in [-0.05, 0) is 30.7 Å². The molecule has 0 spiro atoms. The summed E-state index contributed by atoms with van der Waals surface area (Å²) in [5.41, 5.74) is 1.97. The van der Waals surface area contributed by atoms with Crippen LogP contribution in [0, 0.1) is 11.3 Å². The average molecular weight is 232 g/mol. The molecule has 0 fully saturated rings. The molecule has 2 heteroatoms. The number of nitriles is 1. The van der Waals surface area contributed by atoms with Gasteiger partial charge in [-0.3, -0.25) is 0 Å². The summed E-state index contributed by atoms with van der Waals surface area (Å²) < 4.78 is 0. The van der Waals surface area contributed by atoms with Crippen LogP contribution in [0.25, 0.3) is 0 Å².